The van der Waals surface area contributed by atoms with E-state index < -0.39 is 0 Å². The number of nitrogens with zero attached hydrogens (tertiary/aromatic N) is 1. The molecule has 1 saturated heterocycles. The van der Waals surface area contributed by atoms with Crippen molar-refractivity contribution in [1.29, 1.82) is 0 Å². The number of nitrogens with two attached hydrogens (primary N) is 1. The SMILES string of the molecule is CC1CCCN(C(C)C(=O)Nc2ccccc2N)CC1. The normalized spacial score (nSPS) is 22.0. The molecule has 3 N–H and O–H groups in total. The lowest BCUT2D eigenvalue weighted by atomic mass is 10.0. The van der Waals surface area contributed by atoms with Gasteiger partial charge in [-0.15, -0.1) is 0 Å². The van der Waals surface area contributed by atoms with Gasteiger partial charge in [-0.1, -0.05) is 19.1 Å². The van der Waals surface area contributed by atoms with E-state index in [9.17, 15) is 4.79 Å². The Labute approximate surface area is 121 Å². The second-order valence-corrected chi connectivity index (χ2v) is 5.82. The maximum atomic E-state index is 12.3. The monoisotopic (exact) mass is 275 g/mol. The minimum absolute atomic E-state index is 0.0254. The van der Waals surface area contributed by atoms with Crippen LogP contribution in [0.1, 0.15) is 33.1 Å². The molecular formula is C16H25N3O. The Balaban J connectivity index is 1.96. The molecule has 1 heterocycles. The average molecular weight is 275 g/mol. The highest BCUT2D eigenvalue weighted by atomic mass is 16.2. The number of nitrogen functional groups attached to an aromatic ring is 1. The van der Waals surface area contributed by atoms with Crippen LogP contribution < -0.4 is 11.1 Å². The molecule has 0 spiro atoms. The van der Waals surface area contributed by atoms with Crippen LogP contribution in [-0.4, -0.2) is 29.9 Å². The average Bonchev–Trinajstić information content (AvgIpc) is 2.65. The van der Waals surface area contributed by atoms with Crippen molar-refractivity contribution in [2.45, 2.75) is 39.2 Å². The highest BCUT2D eigenvalue weighted by molar-refractivity contribution is 5.97. The third-order valence-electron chi connectivity index (χ3n) is 4.20. The fourth-order valence-corrected chi connectivity index (χ4v) is 2.69. The zero-order chi connectivity index (χ0) is 14.5. The molecule has 4 heteroatoms. The minimum atomic E-state index is -0.111. The molecule has 0 bridgehead atoms. The Bertz CT molecular complexity index is 461. The summed E-state index contributed by atoms with van der Waals surface area (Å²) in [6.07, 6.45) is 3.60. The first-order valence-corrected chi connectivity index (χ1v) is 7.47. The van der Waals surface area contributed by atoms with Gasteiger partial charge in [0.05, 0.1) is 17.4 Å². The van der Waals surface area contributed by atoms with Crippen LogP contribution in [0, 0.1) is 5.92 Å². The number of anilines is 2. The van der Waals surface area contributed by atoms with E-state index in [2.05, 4.69) is 17.1 Å². The van der Waals surface area contributed by atoms with Gasteiger partial charge in [0.25, 0.3) is 0 Å². The smallest absolute Gasteiger partial charge is 0.241 e. The standard InChI is InChI=1S/C16H25N3O/c1-12-6-5-10-19(11-9-12)13(2)16(20)18-15-8-4-3-7-14(15)17/h3-4,7-8,12-13H,5-6,9-11,17H2,1-2H3,(H,18,20). The van der Waals surface area contributed by atoms with Gasteiger partial charge in [-0.25, -0.2) is 0 Å². The lowest BCUT2D eigenvalue weighted by Crippen LogP contribution is -2.42. The molecule has 0 radical (unpaired) electrons. The summed E-state index contributed by atoms with van der Waals surface area (Å²) in [6.45, 7) is 6.27. The molecule has 0 aliphatic carbocycles. The molecular weight excluding hydrogens is 250 g/mol. The molecule has 2 rings (SSSR count). The van der Waals surface area contributed by atoms with Crippen molar-refractivity contribution in [1.82, 2.24) is 4.90 Å². The minimum Gasteiger partial charge on any atom is -0.397 e. The van der Waals surface area contributed by atoms with Crippen LogP contribution in [0.5, 0.6) is 0 Å². The Morgan fingerprint density at radius 2 is 2.10 bits per heavy atom. The van der Waals surface area contributed by atoms with E-state index in [1.807, 2.05) is 25.1 Å². The molecule has 1 aliphatic heterocycles. The third kappa shape index (κ3) is 3.73. The molecule has 0 aromatic heterocycles. The molecule has 2 atom stereocenters. The van der Waals surface area contributed by atoms with Gasteiger partial charge in [-0.3, -0.25) is 9.69 Å². The summed E-state index contributed by atoms with van der Waals surface area (Å²) < 4.78 is 0. The van der Waals surface area contributed by atoms with Gasteiger partial charge in [0, 0.05) is 0 Å². The van der Waals surface area contributed by atoms with Gasteiger partial charge in [-0.05, 0) is 57.3 Å². The second-order valence-electron chi connectivity index (χ2n) is 5.82. The van der Waals surface area contributed by atoms with E-state index in [-0.39, 0.29) is 11.9 Å². The molecule has 1 fully saturated rings. The summed E-state index contributed by atoms with van der Waals surface area (Å²) in [6, 6.07) is 7.27. The van der Waals surface area contributed by atoms with Crippen molar-refractivity contribution in [3.05, 3.63) is 24.3 Å². The van der Waals surface area contributed by atoms with Crippen molar-refractivity contribution in [3.63, 3.8) is 0 Å². The molecule has 20 heavy (non-hydrogen) atoms. The number of rotatable bonds is 3. The largest absolute Gasteiger partial charge is 0.397 e. The van der Waals surface area contributed by atoms with E-state index in [0.717, 1.165) is 19.0 Å². The van der Waals surface area contributed by atoms with Crippen LogP contribution in [0.2, 0.25) is 0 Å². The van der Waals surface area contributed by atoms with Crippen LogP contribution >= 0.6 is 0 Å². The van der Waals surface area contributed by atoms with Gasteiger partial charge in [0.15, 0.2) is 0 Å². The lowest BCUT2D eigenvalue weighted by molar-refractivity contribution is -0.120. The molecule has 110 valence electrons. The molecule has 1 amide bonds. The Kier molecular flexibility index (Phi) is 5.01. The van der Waals surface area contributed by atoms with Crippen LogP contribution in [0.4, 0.5) is 11.4 Å². The van der Waals surface area contributed by atoms with Crippen LogP contribution in [0.3, 0.4) is 0 Å². The maximum absolute atomic E-state index is 12.3. The van der Waals surface area contributed by atoms with Gasteiger partial charge in [-0.2, -0.15) is 0 Å². The number of hydrogen-bond donors (Lipinski definition) is 2. The maximum Gasteiger partial charge on any atom is 0.241 e. The predicted molar refractivity (Wildman–Crippen MR) is 83.5 cm³/mol. The molecule has 1 aromatic carbocycles. The Morgan fingerprint density at radius 3 is 2.85 bits per heavy atom. The fraction of sp³-hybridized carbons (Fsp3) is 0.562. The lowest BCUT2D eigenvalue weighted by Gasteiger charge is -2.26. The Morgan fingerprint density at radius 1 is 1.35 bits per heavy atom. The number of amides is 1. The first kappa shape index (κ1) is 14.9. The quantitative estimate of drug-likeness (QED) is 0.834. The van der Waals surface area contributed by atoms with Crippen molar-refractivity contribution in [2.75, 3.05) is 24.1 Å². The van der Waals surface area contributed by atoms with Gasteiger partial charge in [0.2, 0.25) is 5.91 Å². The Hall–Kier alpha value is -1.55. The van der Waals surface area contributed by atoms with Crippen LogP contribution in [0.25, 0.3) is 0 Å². The number of carbonyl (C=O) groups is 1. The topological polar surface area (TPSA) is 58.4 Å². The zero-order valence-electron chi connectivity index (χ0n) is 12.4. The zero-order valence-corrected chi connectivity index (χ0v) is 12.4. The number of para-hydroxylation sites is 2. The van der Waals surface area contributed by atoms with Crippen LogP contribution in [-0.2, 0) is 4.79 Å². The third-order valence-corrected chi connectivity index (χ3v) is 4.20. The molecule has 4 nitrogen and oxygen atoms in total. The summed E-state index contributed by atoms with van der Waals surface area (Å²) >= 11 is 0. The van der Waals surface area contributed by atoms with Crippen LogP contribution in [0.15, 0.2) is 24.3 Å². The second kappa shape index (κ2) is 6.75. The first-order chi connectivity index (χ1) is 9.58. The number of nitrogens with one attached hydrogen (secondary N) is 1. The van der Waals surface area contributed by atoms with E-state index >= 15 is 0 Å². The van der Waals surface area contributed by atoms with Gasteiger partial charge in [0.1, 0.15) is 0 Å². The summed E-state index contributed by atoms with van der Waals surface area (Å²) in [5.74, 6) is 0.789. The highest BCUT2D eigenvalue weighted by Gasteiger charge is 2.23. The van der Waals surface area contributed by atoms with E-state index in [4.69, 9.17) is 5.73 Å². The summed E-state index contributed by atoms with van der Waals surface area (Å²) in [7, 11) is 0. The van der Waals surface area contributed by atoms with Gasteiger partial charge < -0.3 is 11.1 Å². The number of carbonyl (C=O) groups excluding carboxylic acids is 1. The van der Waals surface area contributed by atoms with Gasteiger partial charge >= 0.3 is 0 Å². The first-order valence-electron chi connectivity index (χ1n) is 7.47. The highest BCUT2D eigenvalue weighted by Crippen LogP contribution is 2.20. The van der Waals surface area contributed by atoms with E-state index in [1.54, 1.807) is 6.07 Å². The molecule has 0 saturated carbocycles. The van der Waals surface area contributed by atoms with E-state index in [0.29, 0.717) is 11.4 Å². The summed E-state index contributed by atoms with van der Waals surface area (Å²) in [5, 5.41) is 2.93. The van der Waals surface area contributed by atoms with Crippen molar-refractivity contribution in [2.24, 2.45) is 5.92 Å². The van der Waals surface area contributed by atoms with Crippen molar-refractivity contribution >= 4 is 17.3 Å². The van der Waals surface area contributed by atoms with E-state index in [1.165, 1.54) is 19.3 Å². The fourth-order valence-electron chi connectivity index (χ4n) is 2.69. The number of likely N-dealkylation sites (tertiary alicyclic amines) is 1. The summed E-state index contributed by atoms with van der Waals surface area (Å²) in [5.41, 5.74) is 7.17. The molecule has 2 unspecified atom stereocenters. The molecule has 1 aromatic rings. The summed E-state index contributed by atoms with van der Waals surface area (Å²) in [4.78, 5) is 14.6. The number of benzene rings is 1. The molecule has 1 aliphatic rings. The predicted octanol–water partition coefficient (Wildman–Crippen LogP) is 2.72. The van der Waals surface area contributed by atoms with Crippen molar-refractivity contribution in [3.8, 4) is 0 Å². The van der Waals surface area contributed by atoms with Crippen molar-refractivity contribution < 1.29 is 4.79 Å². The number of hydrogen-bond acceptors (Lipinski definition) is 3.